The van der Waals surface area contributed by atoms with Gasteiger partial charge in [-0.2, -0.15) is 4.39 Å². The van der Waals surface area contributed by atoms with Crippen LogP contribution in [0.2, 0.25) is 0 Å². The van der Waals surface area contributed by atoms with Gasteiger partial charge in [0, 0.05) is 6.42 Å². The molecule has 1 aliphatic rings. The van der Waals surface area contributed by atoms with E-state index in [9.17, 15) is 14.0 Å². The average Bonchev–Trinajstić information content (AvgIpc) is 3.08. The quantitative estimate of drug-likeness (QED) is 0.412. The van der Waals surface area contributed by atoms with Crippen molar-refractivity contribution in [3.63, 3.8) is 0 Å². The first-order valence-electron chi connectivity index (χ1n) is 5.37. The number of halogens is 1. The summed E-state index contributed by atoms with van der Waals surface area (Å²) < 4.78 is 22.7. The van der Waals surface area contributed by atoms with Gasteiger partial charge in [-0.1, -0.05) is 6.92 Å². The van der Waals surface area contributed by atoms with Crippen molar-refractivity contribution in [1.82, 2.24) is 0 Å². The van der Waals surface area contributed by atoms with E-state index in [0.29, 0.717) is 0 Å². The van der Waals surface area contributed by atoms with Crippen LogP contribution in [-0.2, 0) is 19.1 Å². The Bertz CT molecular complexity index is 318. The molecule has 0 aromatic heterocycles. The van der Waals surface area contributed by atoms with Crippen LogP contribution in [0.5, 0.6) is 0 Å². The molecule has 5 heteroatoms. The molecule has 0 radical (unpaired) electrons. The Morgan fingerprint density at radius 1 is 1.31 bits per heavy atom. The lowest BCUT2D eigenvalue weighted by atomic mass is 10.3. The predicted octanol–water partition coefficient (Wildman–Crippen LogP) is 2.09. The van der Waals surface area contributed by atoms with Crippen molar-refractivity contribution in [1.29, 1.82) is 0 Å². The van der Waals surface area contributed by atoms with E-state index >= 15 is 0 Å². The molecular formula is C11H15FO4. The molecule has 1 rings (SSSR count). The summed E-state index contributed by atoms with van der Waals surface area (Å²) in [4.78, 5) is 22.3. The van der Waals surface area contributed by atoms with Gasteiger partial charge >= 0.3 is 11.9 Å². The van der Waals surface area contributed by atoms with E-state index < -0.39 is 17.8 Å². The standard InChI is InChI=1S/C11H15FO4/c1-3-8(9(12)11(14)15-4-2)16-10(13)7-5-6-7/h7H,3-6H2,1-2H3/b9-8-. The minimum absolute atomic E-state index is 0.0832. The average molecular weight is 230 g/mol. The minimum atomic E-state index is -1.11. The molecule has 1 aliphatic carbocycles. The number of rotatable bonds is 5. The Kier molecular flexibility index (Phi) is 4.46. The second kappa shape index (κ2) is 5.63. The van der Waals surface area contributed by atoms with Gasteiger partial charge in [0.15, 0.2) is 5.76 Å². The summed E-state index contributed by atoms with van der Waals surface area (Å²) >= 11 is 0. The molecule has 0 unspecified atom stereocenters. The van der Waals surface area contributed by atoms with Gasteiger partial charge in [0.2, 0.25) is 5.83 Å². The van der Waals surface area contributed by atoms with E-state index in [1.54, 1.807) is 13.8 Å². The molecule has 1 fully saturated rings. The van der Waals surface area contributed by atoms with Crippen LogP contribution in [0, 0.1) is 5.92 Å². The Morgan fingerprint density at radius 3 is 2.38 bits per heavy atom. The number of esters is 2. The molecule has 0 aliphatic heterocycles. The van der Waals surface area contributed by atoms with Crippen LogP contribution in [0.25, 0.3) is 0 Å². The highest BCUT2D eigenvalue weighted by Gasteiger charge is 2.33. The first-order valence-corrected chi connectivity index (χ1v) is 5.37. The molecule has 0 N–H and O–H groups in total. The highest BCUT2D eigenvalue weighted by Crippen LogP contribution is 2.31. The highest BCUT2D eigenvalue weighted by atomic mass is 19.1. The topological polar surface area (TPSA) is 52.6 Å². The summed E-state index contributed by atoms with van der Waals surface area (Å²) in [5.41, 5.74) is 0. The maximum absolute atomic E-state index is 13.4. The van der Waals surface area contributed by atoms with Gasteiger partial charge in [-0.25, -0.2) is 4.79 Å². The summed E-state index contributed by atoms with van der Waals surface area (Å²) in [5.74, 6) is -3.02. The molecule has 0 aromatic carbocycles. The third-order valence-corrected chi connectivity index (χ3v) is 2.16. The maximum atomic E-state index is 13.4. The number of allylic oxidation sites excluding steroid dienone is 1. The van der Waals surface area contributed by atoms with E-state index in [1.165, 1.54) is 0 Å². The molecule has 16 heavy (non-hydrogen) atoms. The Morgan fingerprint density at radius 2 is 1.94 bits per heavy atom. The third kappa shape index (κ3) is 3.32. The van der Waals surface area contributed by atoms with Crippen molar-refractivity contribution < 1.29 is 23.5 Å². The fourth-order valence-electron chi connectivity index (χ4n) is 1.10. The molecule has 0 atom stereocenters. The number of hydrogen-bond acceptors (Lipinski definition) is 4. The molecule has 0 spiro atoms. The lowest BCUT2D eigenvalue weighted by Gasteiger charge is -2.07. The Labute approximate surface area is 93.4 Å². The molecule has 4 nitrogen and oxygen atoms in total. The van der Waals surface area contributed by atoms with Gasteiger partial charge < -0.3 is 9.47 Å². The molecule has 0 amide bonds. The number of carbonyl (C=O) groups excluding carboxylic acids is 2. The second-order valence-corrected chi connectivity index (χ2v) is 3.51. The molecule has 1 saturated carbocycles. The molecule has 0 aromatic rings. The molecule has 0 saturated heterocycles. The maximum Gasteiger partial charge on any atom is 0.370 e. The van der Waals surface area contributed by atoms with Gasteiger partial charge in [0.05, 0.1) is 12.5 Å². The van der Waals surface area contributed by atoms with Crippen molar-refractivity contribution >= 4 is 11.9 Å². The largest absolute Gasteiger partial charge is 0.461 e. The Balaban J connectivity index is 2.65. The fraction of sp³-hybridized carbons (Fsp3) is 0.636. The van der Waals surface area contributed by atoms with E-state index in [1.807, 2.05) is 0 Å². The zero-order valence-electron chi connectivity index (χ0n) is 9.42. The van der Waals surface area contributed by atoms with Crippen LogP contribution in [0.1, 0.15) is 33.1 Å². The summed E-state index contributed by atoms with van der Waals surface area (Å²) in [6.45, 7) is 3.27. The van der Waals surface area contributed by atoms with Crippen LogP contribution in [0.4, 0.5) is 4.39 Å². The van der Waals surface area contributed by atoms with Crippen LogP contribution < -0.4 is 0 Å². The summed E-state index contributed by atoms with van der Waals surface area (Å²) in [5, 5.41) is 0. The molecule has 0 bridgehead atoms. The first kappa shape index (κ1) is 12.7. The highest BCUT2D eigenvalue weighted by molar-refractivity contribution is 5.87. The summed E-state index contributed by atoms with van der Waals surface area (Å²) in [6.07, 6.45) is 1.69. The van der Waals surface area contributed by atoms with Crippen molar-refractivity contribution in [3.8, 4) is 0 Å². The molecular weight excluding hydrogens is 215 g/mol. The number of hydrogen-bond donors (Lipinski definition) is 0. The van der Waals surface area contributed by atoms with Crippen LogP contribution in [0.15, 0.2) is 11.6 Å². The van der Waals surface area contributed by atoms with Crippen LogP contribution >= 0.6 is 0 Å². The molecule has 90 valence electrons. The van der Waals surface area contributed by atoms with Crippen molar-refractivity contribution in [2.75, 3.05) is 6.61 Å². The van der Waals surface area contributed by atoms with Gasteiger partial charge in [-0.3, -0.25) is 4.79 Å². The zero-order valence-corrected chi connectivity index (χ0v) is 9.42. The smallest absolute Gasteiger partial charge is 0.370 e. The Hall–Kier alpha value is -1.39. The fourth-order valence-corrected chi connectivity index (χ4v) is 1.10. The minimum Gasteiger partial charge on any atom is -0.461 e. The van der Waals surface area contributed by atoms with E-state index in [0.717, 1.165) is 12.8 Å². The second-order valence-electron chi connectivity index (χ2n) is 3.51. The van der Waals surface area contributed by atoms with E-state index in [-0.39, 0.29) is 24.7 Å². The SMILES string of the molecule is CCOC(=O)/C(F)=C(\CC)OC(=O)C1CC1. The lowest BCUT2D eigenvalue weighted by molar-refractivity contribution is -0.143. The monoisotopic (exact) mass is 230 g/mol. The normalized spacial score (nSPS) is 16.4. The predicted molar refractivity (Wildman–Crippen MR) is 53.9 cm³/mol. The van der Waals surface area contributed by atoms with E-state index in [4.69, 9.17) is 4.74 Å². The van der Waals surface area contributed by atoms with Crippen molar-refractivity contribution in [2.24, 2.45) is 5.92 Å². The van der Waals surface area contributed by atoms with Gasteiger partial charge in [0.1, 0.15) is 0 Å². The van der Waals surface area contributed by atoms with Crippen molar-refractivity contribution in [2.45, 2.75) is 33.1 Å². The van der Waals surface area contributed by atoms with Crippen LogP contribution in [0.3, 0.4) is 0 Å². The summed E-state index contributed by atoms with van der Waals surface area (Å²) in [6, 6.07) is 0. The van der Waals surface area contributed by atoms with Gasteiger partial charge in [-0.05, 0) is 19.8 Å². The number of ether oxygens (including phenoxy) is 2. The zero-order chi connectivity index (χ0) is 12.1. The summed E-state index contributed by atoms with van der Waals surface area (Å²) in [7, 11) is 0. The number of carbonyl (C=O) groups is 2. The third-order valence-electron chi connectivity index (χ3n) is 2.16. The van der Waals surface area contributed by atoms with Gasteiger partial charge in [0.25, 0.3) is 0 Å². The molecule has 0 heterocycles. The first-order chi connectivity index (χ1) is 7.60. The van der Waals surface area contributed by atoms with Crippen molar-refractivity contribution in [3.05, 3.63) is 11.6 Å². The van der Waals surface area contributed by atoms with Crippen LogP contribution in [-0.4, -0.2) is 18.5 Å². The van der Waals surface area contributed by atoms with Gasteiger partial charge in [-0.15, -0.1) is 0 Å². The van der Waals surface area contributed by atoms with E-state index in [2.05, 4.69) is 4.74 Å². The lowest BCUT2D eigenvalue weighted by Crippen LogP contribution is -2.12.